The van der Waals surface area contributed by atoms with Crippen LogP contribution < -0.4 is 5.32 Å². The Morgan fingerprint density at radius 3 is 2.36 bits per heavy atom. The van der Waals surface area contributed by atoms with Crippen LogP contribution in [0.4, 0.5) is 4.39 Å². The Morgan fingerprint density at radius 2 is 1.73 bits per heavy atom. The number of carbonyl (C=O) groups excluding carboxylic acids is 2. The number of rotatable bonds is 9. The zero-order chi connectivity index (χ0) is 23.6. The molecule has 0 aliphatic heterocycles. The summed E-state index contributed by atoms with van der Waals surface area (Å²) in [4.78, 5) is 28.6. The van der Waals surface area contributed by atoms with E-state index in [1.54, 1.807) is 23.1 Å². The summed E-state index contributed by atoms with van der Waals surface area (Å²) >= 11 is 9.79. The van der Waals surface area contributed by atoms with Gasteiger partial charge in [0.1, 0.15) is 11.9 Å². The second kappa shape index (κ2) is 13.1. The molecular formula is C26H31BrClFN2O2. The summed E-state index contributed by atoms with van der Waals surface area (Å²) < 4.78 is 13.7. The highest BCUT2D eigenvalue weighted by Crippen LogP contribution is 2.28. The van der Waals surface area contributed by atoms with Crippen molar-refractivity contribution in [3.8, 4) is 0 Å². The summed E-state index contributed by atoms with van der Waals surface area (Å²) in [6.45, 7) is 0.195. The third-order valence-electron chi connectivity index (χ3n) is 6.09. The van der Waals surface area contributed by atoms with Crippen LogP contribution in [-0.4, -0.2) is 28.1 Å². The lowest BCUT2D eigenvalue weighted by atomic mass is 10.0. The summed E-state index contributed by atoms with van der Waals surface area (Å²) in [6, 6.07) is 12.4. The minimum atomic E-state index is -0.868. The Labute approximate surface area is 209 Å². The standard InChI is InChI=1S/C26H31BrClFN2O2/c27-17-7-12-24(32)31(18-20-8-5-6-11-23(20)28)25(19-13-15-21(29)16-14-19)26(33)30-22-9-3-1-2-4-10-22/h5-6,8,11,13-16,22,25H,1-4,7,9-10,12,17-18H2,(H,30,33)/t25-/m1/s1. The molecule has 0 spiro atoms. The highest BCUT2D eigenvalue weighted by molar-refractivity contribution is 9.09. The van der Waals surface area contributed by atoms with E-state index >= 15 is 0 Å². The first-order valence-electron chi connectivity index (χ1n) is 11.6. The molecule has 4 nitrogen and oxygen atoms in total. The molecule has 178 valence electrons. The predicted molar refractivity (Wildman–Crippen MR) is 134 cm³/mol. The van der Waals surface area contributed by atoms with E-state index in [1.165, 1.54) is 25.0 Å². The molecule has 1 saturated carbocycles. The van der Waals surface area contributed by atoms with Crippen LogP contribution in [0.15, 0.2) is 48.5 Å². The first-order chi connectivity index (χ1) is 16.0. The summed E-state index contributed by atoms with van der Waals surface area (Å²) in [5, 5.41) is 4.42. The van der Waals surface area contributed by atoms with Crippen LogP contribution in [0, 0.1) is 5.82 Å². The highest BCUT2D eigenvalue weighted by Gasteiger charge is 2.33. The van der Waals surface area contributed by atoms with E-state index in [1.807, 2.05) is 18.2 Å². The maximum Gasteiger partial charge on any atom is 0.247 e. The SMILES string of the molecule is O=C(NC1CCCCCC1)[C@@H](c1ccc(F)cc1)N(Cc1ccccc1Cl)C(=O)CCCBr. The average molecular weight is 538 g/mol. The average Bonchev–Trinajstić information content (AvgIpc) is 3.08. The minimum absolute atomic E-state index is 0.0859. The van der Waals surface area contributed by atoms with Crippen molar-refractivity contribution in [3.63, 3.8) is 0 Å². The third kappa shape index (κ3) is 7.54. The number of hydrogen-bond acceptors (Lipinski definition) is 2. The Bertz CT molecular complexity index is 917. The van der Waals surface area contributed by atoms with E-state index in [-0.39, 0.29) is 30.2 Å². The van der Waals surface area contributed by atoms with E-state index in [0.29, 0.717) is 28.8 Å². The van der Waals surface area contributed by atoms with Gasteiger partial charge in [-0.1, -0.05) is 83.5 Å². The lowest BCUT2D eigenvalue weighted by molar-refractivity contribution is -0.142. The van der Waals surface area contributed by atoms with Crippen LogP contribution in [-0.2, 0) is 16.1 Å². The van der Waals surface area contributed by atoms with Gasteiger partial charge < -0.3 is 10.2 Å². The second-order valence-electron chi connectivity index (χ2n) is 8.56. The molecule has 1 atom stereocenters. The van der Waals surface area contributed by atoms with Gasteiger partial charge >= 0.3 is 0 Å². The van der Waals surface area contributed by atoms with E-state index in [2.05, 4.69) is 21.2 Å². The molecule has 1 fully saturated rings. The number of carbonyl (C=O) groups is 2. The van der Waals surface area contributed by atoms with E-state index in [0.717, 1.165) is 31.2 Å². The van der Waals surface area contributed by atoms with Crippen molar-refractivity contribution in [2.24, 2.45) is 0 Å². The summed E-state index contributed by atoms with van der Waals surface area (Å²) in [5.41, 5.74) is 1.35. The van der Waals surface area contributed by atoms with Crippen LogP contribution in [0.1, 0.15) is 68.5 Å². The van der Waals surface area contributed by atoms with E-state index in [4.69, 9.17) is 11.6 Å². The molecule has 0 bridgehead atoms. The van der Waals surface area contributed by atoms with Gasteiger partial charge in [-0.25, -0.2) is 4.39 Å². The number of nitrogens with one attached hydrogen (secondary N) is 1. The Kier molecular flexibility index (Phi) is 10.2. The zero-order valence-electron chi connectivity index (χ0n) is 18.7. The van der Waals surface area contributed by atoms with E-state index in [9.17, 15) is 14.0 Å². The summed E-state index contributed by atoms with van der Waals surface area (Å²) in [6.07, 6.45) is 7.34. The van der Waals surface area contributed by atoms with Gasteiger partial charge in [-0.3, -0.25) is 9.59 Å². The van der Waals surface area contributed by atoms with Gasteiger partial charge in [0, 0.05) is 29.4 Å². The molecule has 33 heavy (non-hydrogen) atoms. The third-order valence-corrected chi connectivity index (χ3v) is 7.02. The topological polar surface area (TPSA) is 49.4 Å². The van der Waals surface area contributed by atoms with Crippen LogP contribution >= 0.6 is 27.5 Å². The van der Waals surface area contributed by atoms with Crippen LogP contribution in [0.3, 0.4) is 0 Å². The lowest BCUT2D eigenvalue weighted by Crippen LogP contribution is -2.46. The van der Waals surface area contributed by atoms with Gasteiger partial charge in [-0.05, 0) is 48.6 Å². The maximum absolute atomic E-state index is 13.7. The molecule has 1 N–H and O–H groups in total. The fraction of sp³-hybridized carbons (Fsp3) is 0.462. The number of hydrogen-bond donors (Lipinski definition) is 1. The molecular weight excluding hydrogens is 507 g/mol. The van der Waals surface area contributed by atoms with Crippen LogP contribution in [0.2, 0.25) is 5.02 Å². The van der Waals surface area contributed by atoms with Crippen molar-refractivity contribution in [1.29, 1.82) is 0 Å². The van der Waals surface area contributed by atoms with Gasteiger partial charge in [-0.15, -0.1) is 0 Å². The molecule has 0 saturated heterocycles. The monoisotopic (exact) mass is 536 g/mol. The highest BCUT2D eigenvalue weighted by atomic mass is 79.9. The molecule has 0 unspecified atom stereocenters. The molecule has 0 radical (unpaired) electrons. The quantitative estimate of drug-likeness (QED) is 0.291. The summed E-state index contributed by atoms with van der Waals surface area (Å²) in [7, 11) is 0. The van der Waals surface area contributed by atoms with Gasteiger partial charge in [-0.2, -0.15) is 0 Å². The molecule has 2 aromatic rings. The molecule has 3 rings (SSSR count). The van der Waals surface area contributed by atoms with Crippen molar-refractivity contribution in [2.45, 2.75) is 70.0 Å². The number of alkyl halides is 1. The van der Waals surface area contributed by atoms with Crippen molar-refractivity contribution in [2.75, 3.05) is 5.33 Å². The van der Waals surface area contributed by atoms with Crippen molar-refractivity contribution >= 4 is 39.3 Å². The maximum atomic E-state index is 13.7. The Morgan fingerprint density at radius 1 is 1.06 bits per heavy atom. The van der Waals surface area contributed by atoms with Crippen molar-refractivity contribution in [1.82, 2.24) is 10.2 Å². The first kappa shape index (κ1) is 25.7. The fourth-order valence-corrected chi connectivity index (χ4v) is 4.79. The molecule has 2 aromatic carbocycles. The Balaban J connectivity index is 1.96. The molecule has 1 aliphatic carbocycles. The lowest BCUT2D eigenvalue weighted by Gasteiger charge is -2.33. The van der Waals surface area contributed by atoms with Crippen LogP contribution in [0.25, 0.3) is 0 Å². The molecule has 1 aliphatic rings. The van der Waals surface area contributed by atoms with Gasteiger partial charge in [0.2, 0.25) is 11.8 Å². The Hall–Kier alpha value is -1.92. The zero-order valence-corrected chi connectivity index (χ0v) is 21.1. The largest absolute Gasteiger partial charge is 0.351 e. The molecule has 2 amide bonds. The van der Waals surface area contributed by atoms with E-state index < -0.39 is 6.04 Å². The molecule has 0 heterocycles. The normalized spacial score (nSPS) is 15.5. The number of halogens is 3. The first-order valence-corrected chi connectivity index (χ1v) is 13.1. The number of nitrogens with zero attached hydrogens (tertiary/aromatic N) is 1. The number of amides is 2. The number of benzene rings is 2. The molecule has 0 aromatic heterocycles. The van der Waals surface area contributed by atoms with Gasteiger partial charge in [0.15, 0.2) is 0 Å². The smallest absolute Gasteiger partial charge is 0.247 e. The van der Waals surface area contributed by atoms with Gasteiger partial charge in [0.25, 0.3) is 0 Å². The van der Waals surface area contributed by atoms with Crippen molar-refractivity contribution in [3.05, 3.63) is 70.5 Å². The van der Waals surface area contributed by atoms with Crippen molar-refractivity contribution < 1.29 is 14.0 Å². The molecule has 7 heteroatoms. The predicted octanol–water partition coefficient (Wildman–Crippen LogP) is 6.56. The van der Waals surface area contributed by atoms with Gasteiger partial charge in [0.05, 0.1) is 0 Å². The summed E-state index contributed by atoms with van der Waals surface area (Å²) in [5.74, 6) is -0.752. The van der Waals surface area contributed by atoms with Crippen LogP contribution in [0.5, 0.6) is 0 Å². The minimum Gasteiger partial charge on any atom is -0.351 e. The second-order valence-corrected chi connectivity index (χ2v) is 9.76. The fourth-order valence-electron chi connectivity index (χ4n) is 4.32.